The maximum atomic E-state index is 16.7. The average molecular weight is 396 g/mol. The van der Waals surface area contributed by atoms with Crippen molar-refractivity contribution in [3.8, 4) is 0 Å². The third-order valence-corrected chi connectivity index (χ3v) is 8.39. The molecule has 0 spiro atoms. The first-order chi connectivity index (χ1) is 13.0. The second kappa shape index (κ2) is 5.80. The Bertz CT molecular complexity index is 809. The van der Waals surface area contributed by atoms with Gasteiger partial charge in [-0.05, 0) is 56.3 Å². The summed E-state index contributed by atoms with van der Waals surface area (Å²) in [7, 11) is 0. The van der Waals surface area contributed by atoms with E-state index >= 15 is 8.78 Å². The van der Waals surface area contributed by atoms with Gasteiger partial charge < -0.3 is 15.3 Å². The average Bonchev–Trinajstić information content (AvgIpc) is 2.91. The van der Waals surface area contributed by atoms with Crippen LogP contribution < -0.4 is 0 Å². The molecule has 4 aliphatic carbocycles. The van der Waals surface area contributed by atoms with Crippen molar-refractivity contribution in [2.45, 2.75) is 63.1 Å². The number of hydrogen-bond donors (Lipinski definition) is 3. The number of alkyl halides is 2. The van der Waals surface area contributed by atoms with Gasteiger partial charge in [0, 0.05) is 16.7 Å². The molecular weight excluding hydrogens is 370 g/mol. The van der Waals surface area contributed by atoms with E-state index in [2.05, 4.69) is 0 Å². The molecule has 0 bridgehead atoms. The SMILES string of the molecule is C[C@]12C=CC(=O)C=C1[C@@H](F)C[C@H]1[C@@H]3CC[C@](O)(C(=O)CO)[C@@]3(C)CC(O)[C@@]12F. The van der Waals surface area contributed by atoms with Crippen LogP contribution in [0.2, 0.25) is 0 Å². The van der Waals surface area contributed by atoms with Crippen LogP contribution in [-0.2, 0) is 9.59 Å². The minimum absolute atomic E-state index is 0.0392. The number of fused-ring (bicyclic) bond motifs is 5. The quantitative estimate of drug-likeness (QED) is 0.659. The molecule has 0 aromatic rings. The van der Waals surface area contributed by atoms with Crippen LogP contribution in [0.4, 0.5) is 8.78 Å². The van der Waals surface area contributed by atoms with Gasteiger partial charge in [-0.1, -0.05) is 13.0 Å². The standard InChI is InChI=1S/C21H26F2O5/c1-18-5-3-11(25)7-14(18)15(22)8-13-12-4-6-20(28,17(27)10-24)19(12,2)9-16(26)21(13,18)23/h3,5,7,12-13,15-16,24,26,28H,4,6,8-10H2,1-2H3/t12-,13-,15-,16?,18-,19-,20-,21-/m0/s1. The number of carbonyl (C=O) groups excluding carboxylic acids is 2. The zero-order valence-corrected chi connectivity index (χ0v) is 16.0. The summed E-state index contributed by atoms with van der Waals surface area (Å²) in [5, 5.41) is 31.4. The summed E-state index contributed by atoms with van der Waals surface area (Å²) in [4.78, 5) is 24.1. The van der Waals surface area contributed by atoms with E-state index in [0.29, 0.717) is 6.42 Å². The Morgan fingerprint density at radius 2 is 2.00 bits per heavy atom. The summed E-state index contributed by atoms with van der Waals surface area (Å²) < 4.78 is 31.9. The van der Waals surface area contributed by atoms with Crippen molar-refractivity contribution in [1.82, 2.24) is 0 Å². The Morgan fingerprint density at radius 1 is 1.32 bits per heavy atom. The number of aliphatic hydroxyl groups excluding tert-OH is 2. The van der Waals surface area contributed by atoms with Gasteiger partial charge in [0.15, 0.2) is 17.2 Å². The molecule has 0 radical (unpaired) electrons. The number of allylic oxidation sites excluding steroid dienone is 4. The zero-order valence-electron chi connectivity index (χ0n) is 16.0. The van der Waals surface area contributed by atoms with Crippen molar-refractivity contribution in [2.75, 3.05) is 6.61 Å². The maximum absolute atomic E-state index is 16.7. The molecule has 8 atom stereocenters. The van der Waals surface area contributed by atoms with Crippen LogP contribution in [0, 0.1) is 22.7 Å². The summed E-state index contributed by atoms with van der Waals surface area (Å²) in [6.07, 6.45) is 0.509. The summed E-state index contributed by atoms with van der Waals surface area (Å²) in [6, 6.07) is 0. The van der Waals surface area contributed by atoms with Crippen LogP contribution in [0.1, 0.15) is 39.5 Å². The predicted molar refractivity (Wildman–Crippen MR) is 95.7 cm³/mol. The number of hydrogen-bond acceptors (Lipinski definition) is 5. The largest absolute Gasteiger partial charge is 0.390 e. The van der Waals surface area contributed by atoms with Crippen LogP contribution in [-0.4, -0.2) is 57.0 Å². The van der Waals surface area contributed by atoms with Crippen molar-refractivity contribution in [3.05, 3.63) is 23.8 Å². The van der Waals surface area contributed by atoms with E-state index < -0.39 is 64.4 Å². The van der Waals surface area contributed by atoms with E-state index in [1.54, 1.807) is 6.92 Å². The highest BCUT2D eigenvalue weighted by Crippen LogP contribution is 2.69. The third-order valence-electron chi connectivity index (χ3n) is 8.39. The van der Waals surface area contributed by atoms with Crippen molar-refractivity contribution in [1.29, 1.82) is 0 Å². The lowest BCUT2D eigenvalue weighted by Crippen LogP contribution is -2.70. The second-order valence-corrected chi connectivity index (χ2v) is 9.34. The molecule has 3 fully saturated rings. The molecule has 7 heteroatoms. The molecule has 3 saturated carbocycles. The predicted octanol–water partition coefficient (Wildman–Crippen LogP) is 1.60. The number of carbonyl (C=O) groups is 2. The van der Waals surface area contributed by atoms with Gasteiger partial charge in [0.05, 0.1) is 6.10 Å². The molecule has 4 aliphatic rings. The summed E-state index contributed by atoms with van der Waals surface area (Å²) >= 11 is 0. The van der Waals surface area contributed by atoms with E-state index in [9.17, 15) is 24.9 Å². The molecule has 0 amide bonds. The van der Waals surface area contributed by atoms with E-state index in [0.717, 1.165) is 6.08 Å². The Balaban J connectivity index is 1.84. The minimum atomic E-state index is -2.23. The van der Waals surface area contributed by atoms with Gasteiger partial charge in [-0.15, -0.1) is 0 Å². The zero-order chi connectivity index (χ0) is 20.7. The Labute approximate surface area is 162 Å². The molecular formula is C21H26F2O5. The normalized spacial score (nSPS) is 52.5. The molecule has 0 heterocycles. The van der Waals surface area contributed by atoms with Crippen molar-refractivity contribution < 1.29 is 33.7 Å². The second-order valence-electron chi connectivity index (χ2n) is 9.34. The topological polar surface area (TPSA) is 94.8 Å². The molecule has 0 aromatic heterocycles. The molecule has 1 unspecified atom stereocenters. The summed E-state index contributed by atoms with van der Waals surface area (Å²) in [6.45, 7) is 2.29. The molecule has 0 saturated heterocycles. The van der Waals surface area contributed by atoms with Gasteiger partial charge >= 0.3 is 0 Å². The molecule has 5 nitrogen and oxygen atoms in total. The number of halogens is 2. The number of aliphatic hydroxyl groups is 3. The maximum Gasteiger partial charge on any atom is 0.190 e. The number of ketones is 2. The highest BCUT2D eigenvalue weighted by atomic mass is 19.1. The van der Waals surface area contributed by atoms with Crippen LogP contribution in [0.15, 0.2) is 23.8 Å². The first-order valence-electron chi connectivity index (χ1n) is 9.78. The van der Waals surface area contributed by atoms with Gasteiger partial charge in [-0.25, -0.2) is 8.78 Å². The van der Waals surface area contributed by atoms with E-state index in [1.807, 2.05) is 0 Å². The lowest BCUT2D eigenvalue weighted by molar-refractivity contribution is -0.221. The van der Waals surface area contributed by atoms with Crippen molar-refractivity contribution in [2.24, 2.45) is 22.7 Å². The monoisotopic (exact) mass is 396 g/mol. The number of Topliss-reactive ketones (excluding diaryl/α,β-unsaturated/α-hetero) is 1. The minimum Gasteiger partial charge on any atom is -0.390 e. The fraction of sp³-hybridized carbons (Fsp3) is 0.714. The van der Waals surface area contributed by atoms with Gasteiger partial charge in [-0.3, -0.25) is 9.59 Å². The molecule has 154 valence electrons. The summed E-state index contributed by atoms with van der Waals surface area (Å²) in [5.41, 5.74) is -6.71. The van der Waals surface area contributed by atoms with Gasteiger partial charge in [0.25, 0.3) is 0 Å². The van der Waals surface area contributed by atoms with Crippen LogP contribution in [0.5, 0.6) is 0 Å². The first kappa shape index (κ1) is 19.9. The summed E-state index contributed by atoms with van der Waals surface area (Å²) in [5.74, 6) is -2.63. The van der Waals surface area contributed by atoms with Gasteiger partial charge in [-0.2, -0.15) is 0 Å². The first-order valence-corrected chi connectivity index (χ1v) is 9.78. The number of rotatable bonds is 2. The molecule has 4 rings (SSSR count). The van der Waals surface area contributed by atoms with Gasteiger partial charge in [0.1, 0.15) is 18.4 Å². The molecule has 28 heavy (non-hydrogen) atoms. The fourth-order valence-electron chi connectivity index (χ4n) is 6.80. The Hall–Kier alpha value is -1.44. The Kier molecular flexibility index (Phi) is 4.11. The highest BCUT2D eigenvalue weighted by Gasteiger charge is 2.75. The lowest BCUT2D eigenvalue weighted by Gasteiger charge is -2.63. The van der Waals surface area contributed by atoms with Crippen LogP contribution >= 0.6 is 0 Å². The van der Waals surface area contributed by atoms with Crippen LogP contribution in [0.25, 0.3) is 0 Å². The Morgan fingerprint density at radius 3 is 2.64 bits per heavy atom. The van der Waals surface area contributed by atoms with Crippen molar-refractivity contribution >= 4 is 11.6 Å². The van der Waals surface area contributed by atoms with E-state index in [-0.39, 0.29) is 24.8 Å². The smallest absolute Gasteiger partial charge is 0.190 e. The lowest BCUT2D eigenvalue weighted by atomic mass is 9.44. The molecule has 3 N–H and O–H groups in total. The molecule has 0 aromatic carbocycles. The van der Waals surface area contributed by atoms with Crippen LogP contribution in [0.3, 0.4) is 0 Å². The van der Waals surface area contributed by atoms with Crippen molar-refractivity contribution in [3.63, 3.8) is 0 Å². The highest BCUT2D eigenvalue weighted by molar-refractivity contribution is 6.01. The van der Waals surface area contributed by atoms with Gasteiger partial charge in [0.2, 0.25) is 0 Å². The van der Waals surface area contributed by atoms with E-state index in [1.165, 1.54) is 19.1 Å². The fourth-order valence-corrected chi connectivity index (χ4v) is 6.80. The molecule has 0 aliphatic heterocycles. The van der Waals surface area contributed by atoms with E-state index in [4.69, 9.17) is 0 Å². The third kappa shape index (κ3) is 2.05.